The van der Waals surface area contributed by atoms with Crippen LogP contribution in [0.3, 0.4) is 0 Å². The largest absolute Gasteiger partial charge is 0.317 e. The fraction of sp³-hybridized carbons (Fsp3) is 0.800. The molecule has 1 heterocycles. The highest BCUT2D eigenvalue weighted by atomic mass is 32.2. The van der Waals surface area contributed by atoms with Crippen molar-refractivity contribution in [2.45, 2.75) is 37.9 Å². The lowest BCUT2D eigenvalue weighted by Gasteiger charge is -2.08. The Kier molecular flexibility index (Phi) is 5.11. The van der Waals surface area contributed by atoms with Gasteiger partial charge in [0.15, 0.2) is 5.16 Å². The maximum absolute atomic E-state index is 4.11. The monoisotopic (exact) mass is 228 g/mol. The van der Waals surface area contributed by atoms with Crippen LogP contribution in [0.4, 0.5) is 0 Å². The van der Waals surface area contributed by atoms with Gasteiger partial charge in [-0.15, -0.1) is 10.2 Å². The number of nitrogens with zero attached hydrogens (tertiary/aromatic N) is 3. The van der Waals surface area contributed by atoms with Crippen LogP contribution in [0.5, 0.6) is 0 Å². The molecule has 0 aliphatic carbocycles. The smallest absolute Gasteiger partial charge is 0.190 e. The first-order chi connectivity index (χ1) is 7.15. The molecule has 1 aromatic rings. The molecule has 1 N–H and O–H groups in total. The Labute approximate surface area is 95.9 Å². The lowest BCUT2D eigenvalue weighted by molar-refractivity contribution is 0.559. The van der Waals surface area contributed by atoms with Crippen LogP contribution in [0.2, 0.25) is 0 Å². The van der Waals surface area contributed by atoms with E-state index in [9.17, 15) is 0 Å². The number of rotatable bonds is 6. The molecule has 1 rings (SSSR count). The summed E-state index contributed by atoms with van der Waals surface area (Å²) in [5, 5.41) is 12.4. The Morgan fingerprint density at radius 1 is 1.47 bits per heavy atom. The van der Waals surface area contributed by atoms with Crippen LogP contribution in [-0.2, 0) is 7.05 Å². The fourth-order valence-corrected chi connectivity index (χ4v) is 2.13. The minimum absolute atomic E-state index is 0.604. The number of hydrogen-bond donors (Lipinski definition) is 1. The van der Waals surface area contributed by atoms with E-state index in [0.717, 1.165) is 16.7 Å². The van der Waals surface area contributed by atoms with Gasteiger partial charge in [0.25, 0.3) is 0 Å². The Morgan fingerprint density at radius 3 is 2.73 bits per heavy atom. The van der Waals surface area contributed by atoms with Crippen molar-refractivity contribution in [1.82, 2.24) is 20.1 Å². The molecule has 4 nitrogen and oxygen atoms in total. The molecule has 0 aliphatic rings. The summed E-state index contributed by atoms with van der Waals surface area (Å²) in [5.41, 5.74) is 0. The molecule has 0 aromatic carbocycles. The van der Waals surface area contributed by atoms with Crippen molar-refractivity contribution in [1.29, 1.82) is 0 Å². The van der Waals surface area contributed by atoms with Crippen molar-refractivity contribution in [3.63, 3.8) is 0 Å². The average molecular weight is 228 g/mol. The molecule has 1 unspecified atom stereocenters. The fourth-order valence-electron chi connectivity index (χ4n) is 1.21. The summed E-state index contributed by atoms with van der Waals surface area (Å²) in [6.07, 6.45) is 2.42. The third-order valence-electron chi connectivity index (χ3n) is 2.56. The quantitative estimate of drug-likeness (QED) is 0.593. The van der Waals surface area contributed by atoms with Gasteiger partial charge in [-0.05, 0) is 33.7 Å². The van der Waals surface area contributed by atoms with E-state index >= 15 is 0 Å². The van der Waals surface area contributed by atoms with E-state index in [1.807, 2.05) is 25.6 Å². The van der Waals surface area contributed by atoms with Crippen molar-refractivity contribution >= 4 is 11.8 Å². The van der Waals surface area contributed by atoms with Gasteiger partial charge >= 0.3 is 0 Å². The zero-order valence-electron chi connectivity index (χ0n) is 9.95. The normalized spacial score (nSPS) is 13.1. The van der Waals surface area contributed by atoms with Crippen LogP contribution in [0.1, 0.15) is 25.6 Å². The number of aryl methyl sites for hydroxylation is 1. The third kappa shape index (κ3) is 3.83. The van der Waals surface area contributed by atoms with Gasteiger partial charge in [-0.2, -0.15) is 0 Å². The highest BCUT2D eigenvalue weighted by Crippen LogP contribution is 2.17. The van der Waals surface area contributed by atoms with Gasteiger partial charge in [-0.25, -0.2) is 0 Å². The van der Waals surface area contributed by atoms with Crippen LogP contribution in [0.15, 0.2) is 5.16 Å². The molecule has 0 saturated heterocycles. The number of hydrogen-bond acceptors (Lipinski definition) is 4. The van der Waals surface area contributed by atoms with Crippen LogP contribution in [0, 0.1) is 6.92 Å². The maximum atomic E-state index is 4.11. The Hall–Kier alpha value is -0.550. The number of aromatic nitrogens is 3. The molecule has 0 radical (unpaired) electrons. The molecule has 15 heavy (non-hydrogen) atoms. The van der Waals surface area contributed by atoms with Crippen molar-refractivity contribution in [2.75, 3.05) is 12.8 Å². The van der Waals surface area contributed by atoms with Crippen LogP contribution in [-0.4, -0.2) is 33.6 Å². The van der Waals surface area contributed by atoms with E-state index in [0.29, 0.717) is 6.04 Å². The van der Waals surface area contributed by atoms with Crippen molar-refractivity contribution in [2.24, 2.45) is 7.05 Å². The molecule has 1 atom stereocenters. The molecule has 1 aromatic heterocycles. The third-order valence-corrected chi connectivity index (χ3v) is 3.66. The van der Waals surface area contributed by atoms with Crippen LogP contribution < -0.4 is 5.32 Å². The molecule has 0 amide bonds. The van der Waals surface area contributed by atoms with Gasteiger partial charge in [0.1, 0.15) is 5.82 Å². The summed E-state index contributed by atoms with van der Waals surface area (Å²) in [7, 11) is 4.01. The molecule has 0 aliphatic heterocycles. The number of nitrogens with one attached hydrogen (secondary N) is 1. The van der Waals surface area contributed by atoms with Crippen LogP contribution in [0.25, 0.3) is 0 Å². The molecule has 0 saturated carbocycles. The summed E-state index contributed by atoms with van der Waals surface area (Å²) in [6.45, 7) is 4.18. The summed E-state index contributed by atoms with van der Waals surface area (Å²) in [5.74, 6) is 2.08. The van der Waals surface area contributed by atoms with E-state index < -0.39 is 0 Å². The van der Waals surface area contributed by atoms with E-state index in [1.54, 1.807) is 11.8 Å². The predicted octanol–water partition coefficient (Wildman–Crippen LogP) is 1.60. The first-order valence-electron chi connectivity index (χ1n) is 5.31. The topological polar surface area (TPSA) is 42.7 Å². The summed E-state index contributed by atoms with van der Waals surface area (Å²) >= 11 is 1.78. The highest BCUT2D eigenvalue weighted by Gasteiger charge is 2.05. The number of thioether (sulfide) groups is 1. The summed E-state index contributed by atoms with van der Waals surface area (Å²) < 4.78 is 2.03. The lowest BCUT2D eigenvalue weighted by atomic mass is 10.2. The molecule has 0 bridgehead atoms. The van der Waals surface area contributed by atoms with Gasteiger partial charge in [0.2, 0.25) is 0 Å². The first-order valence-corrected chi connectivity index (χ1v) is 6.29. The van der Waals surface area contributed by atoms with E-state index in [-0.39, 0.29) is 0 Å². The molecule has 86 valence electrons. The van der Waals surface area contributed by atoms with Gasteiger partial charge in [-0.3, -0.25) is 0 Å². The van der Waals surface area contributed by atoms with Gasteiger partial charge in [-0.1, -0.05) is 11.8 Å². The minimum Gasteiger partial charge on any atom is -0.317 e. The van der Waals surface area contributed by atoms with Crippen molar-refractivity contribution in [3.8, 4) is 0 Å². The lowest BCUT2D eigenvalue weighted by Crippen LogP contribution is -2.20. The average Bonchev–Trinajstić information content (AvgIpc) is 2.55. The SMILES string of the molecule is CNC(C)CCCSc1nnc(C)n1C. The molecular formula is C10H20N4S. The first kappa shape index (κ1) is 12.5. The molecular weight excluding hydrogens is 208 g/mol. The summed E-state index contributed by atoms with van der Waals surface area (Å²) in [4.78, 5) is 0. The van der Waals surface area contributed by atoms with Gasteiger partial charge in [0.05, 0.1) is 0 Å². The predicted molar refractivity (Wildman–Crippen MR) is 64.2 cm³/mol. The van der Waals surface area contributed by atoms with Crippen molar-refractivity contribution in [3.05, 3.63) is 5.82 Å². The Bertz CT molecular complexity index is 298. The van der Waals surface area contributed by atoms with Crippen molar-refractivity contribution < 1.29 is 0 Å². The van der Waals surface area contributed by atoms with E-state index in [1.165, 1.54) is 12.8 Å². The molecule has 0 fully saturated rings. The van der Waals surface area contributed by atoms with E-state index in [2.05, 4.69) is 22.4 Å². The minimum atomic E-state index is 0.604. The highest BCUT2D eigenvalue weighted by molar-refractivity contribution is 7.99. The maximum Gasteiger partial charge on any atom is 0.190 e. The van der Waals surface area contributed by atoms with E-state index in [4.69, 9.17) is 0 Å². The van der Waals surface area contributed by atoms with Gasteiger partial charge < -0.3 is 9.88 Å². The summed E-state index contributed by atoms with van der Waals surface area (Å²) in [6, 6.07) is 0.604. The second-order valence-electron chi connectivity index (χ2n) is 3.77. The second kappa shape index (κ2) is 6.12. The molecule has 5 heteroatoms. The standard InChI is InChI=1S/C10H20N4S/c1-8(11-3)6-5-7-15-10-13-12-9(2)14(10)4/h8,11H,5-7H2,1-4H3. The zero-order valence-corrected chi connectivity index (χ0v) is 10.8. The van der Waals surface area contributed by atoms with Gasteiger partial charge in [0, 0.05) is 18.8 Å². The Morgan fingerprint density at radius 2 is 2.20 bits per heavy atom. The zero-order chi connectivity index (χ0) is 11.3. The Balaban J connectivity index is 2.23. The second-order valence-corrected chi connectivity index (χ2v) is 4.83. The molecule has 0 spiro atoms. The van der Waals surface area contributed by atoms with Crippen LogP contribution >= 0.6 is 11.8 Å².